The fourth-order valence-corrected chi connectivity index (χ4v) is 1.71. The van der Waals surface area contributed by atoms with Gasteiger partial charge < -0.3 is 10.5 Å². The van der Waals surface area contributed by atoms with Crippen molar-refractivity contribution in [1.29, 1.82) is 5.41 Å². The van der Waals surface area contributed by atoms with Crippen molar-refractivity contribution in [3.05, 3.63) is 53.7 Å². The second kappa shape index (κ2) is 5.52. The van der Waals surface area contributed by atoms with Gasteiger partial charge in [-0.05, 0) is 35.7 Å². The van der Waals surface area contributed by atoms with Gasteiger partial charge in [-0.2, -0.15) is 0 Å². The summed E-state index contributed by atoms with van der Waals surface area (Å²) in [5, 5.41) is 7.49. The van der Waals surface area contributed by atoms with Crippen molar-refractivity contribution in [2.75, 3.05) is 0 Å². The number of pyridine rings is 1. The Balaban J connectivity index is 2.24. The maximum atomic E-state index is 7.49. The molecule has 1 heterocycles. The van der Waals surface area contributed by atoms with Crippen molar-refractivity contribution < 1.29 is 4.74 Å². The van der Waals surface area contributed by atoms with Crippen molar-refractivity contribution in [3.8, 4) is 11.6 Å². The van der Waals surface area contributed by atoms with E-state index in [1.165, 1.54) is 5.56 Å². The molecule has 0 atom stereocenters. The van der Waals surface area contributed by atoms with Crippen molar-refractivity contribution >= 4 is 5.84 Å². The van der Waals surface area contributed by atoms with Crippen LogP contribution < -0.4 is 10.5 Å². The van der Waals surface area contributed by atoms with Gasteiger partial charge in [0.25, 0.3) is 0 Å². The van der Waals surface area contributed by atoms with Gasteiger partial charge >= 0.3 is 0 Å². The van der Waals surface area contributed by atoms with E-state index in [9.17, 15) is 0 Å². The van der Waals surface area contributed by atoms with Gasteiger partial charge in [-0.15, -0.1) is 0 Å². The van der Waals surface area contributed by atoms with E-state index in [1.807, 2.05) is 24.3 Å². The van der Waals surface area contributed by atoms with Crippen LogP contribution in [0.3, 0.4) is 0 Å². The van der Waals surface area contributed by atoms with Crippen LogP contribution in [0.1, 0.15) is 30.9 Å². The molecule has 0 aliphatic carbocycles. The molecule has 0 spiro atoms. The number of benzene rings is 1. The number of amidine groups is 1. The molecule has 0 radical (unpaired) electrons. The Kier molecular flexibility index (Phi) is 3.80. The first-order chi connectivity index (χ1) is 9.08. The summed E-state index contributed by atoms with van der Waals surface area (Å²) < 4.78 is 5.67. The highest BCUT2D eigenvalue weighted by atomic mass is 16.5. The predicted octanol–water partition coefficient (Wildman–Crippen LogP) is 3.28. The van der Waals surface area contributed by atoms with Crippen LogP contribution in [0.15, 0.2) is 42.6 Å². The van der Waals surface area contributed by atoms with E-state index >= 15 is 0 Å². The molecule has 19 heavy (non-hydrogen) atoms. The zero-order valence-corrected chi connectivity index (χ0v) is 11.1. The number of nitrogens with zero attached hydrogens (tertiary/aromatic N) is 1. The Morgan fingerprint density at radius 1 is 1.21 bits per heavy atom. The maximum Gasteiger partial charge on any atom is 0.230 e. The lowest BCUT2D eigenvalue weighted by molar-refractivity contribution is 0.461. The molecule has 4 heteroatoms. The smallest absolute Gasteiger partial charge is 0.230 e. The minimum absolute atomic E-state index is 0.0538. The van der Waals surface area contributed by atoms with Crippen LogP contribution in [0.25, 0.3) is 0 Å². The van der Waals surface area contributed by atoms with Gasteiger partial charge in [0.1, 0.15) is 11.6 Å². The molecule has 98 valence electrons. The minimum atomic E-state index is -0.0538. The topological polar surface area (TPSA) is 72.0 Å². The number of ether oxygens (including phenoxy) is 1. The van der Waals surface area contributed by atoms with E-state index in [0.717, 1.165) is 0 Å². The number of nitrogens with two attached hydrogens (primary N) is 1. The first-order valence-corrected chi connectivity index (χ1v) is 6.15. The number of rotatable bonds is 4. The molecule has 3 N–H and O–H groups in total. The van der Waals surface area contributed by atoms with E-state index in [1.54, 1.807) is 18.3 Å². The molecule has 0 amide bonds. The Labute approximate surface area is 112 Å². The SMILES string of the molecule is CC(C)c1ccc(Oc2ncccc2C(=N)N)cc1. The molecule has 0 aliphatic heterocycles. The predicted molar refractivity (Wildman–Crippen MR) is 75.9 cm³/mol. The molecule has 0 saturated carbocycles. The lowest BCUT2D eigenvalue weighted by Gasteiger charge is -2.10. The first-order valence-electron chi connectivity index (χ1n) is 6.15. The number of aromatic nitrogens is 1. The summed E-state index contributed by atoms with van der Waals surface area (Å²) in [7, 11) is 0. The Bertz CT molecular complexity index is 576. The van der Waals surface area contributed by atoms with Crippen LogP contribution in [-0.2, 0) is 0 Å². The van der Waals surface area contributed by atoms with Crippen molar-refractivity contribution in [2.45, 2.75) is 19.8 Å². The van der Waals surface area contributed by atoms with Crippen LogP contribution in [0.2, 0.25) is 0 Å². The summed E-state index contributed by atoms with van der Waals surface area (Å²) in [4.78, 5) is 4.11. The summed E-state index contributed by atoms with van der Waals surface area (Å²) in [6.07, 6.45) is 1.62. The van der Waals surface area contributed by atoms with Crippen LogP contribution >= 0.6 is 0 Å². The Hall–Kier alpha value is -2.36. The fourth-order valence-electron chi connectivity index (χ4n) is 1.71. The lowest BCUT2D eigenvalue weighted by atomic mass is 10.0. The molecule has 0 fully saturated rings. The second-order valence-electron chi connectivity index (χ2n) is 4.60. The van der Waals surface area contributed by atoms with E-state index in [-0.39, 0.29) is 5.84 Å². The first kappa shape index (κ1) is 13.1. The van der Waals surface area contributed by atoms with Crippen molar-refractivity contribution in [2.24, 2.45) is 5.73 Å². The van der Waals surface area contributed by atoms with Crippen molar-refractivity contribution in [1.82, 2.24) is 4.98 Å². The van der Waals surface area contributed by atoms with Crippen LogP contribution in [0.5, 0.6) is 11.6 Å². The number of nitrogen functional groups attached to an aromatic ring is 1. The lowest BCUT2D eigenvalue weighted by Crippen LogP contribution is -2.12. The molecule has 2 rings (SSSR count). The Morgan fingerprint density at radius 3 is 2.47 bits per heavy atom. The summed E-state index contributed by atoms with van der Waals surface area (Å²) in [5.41, 5.74) is 7.24. The number of hydrogen-bond donors (Lipinski definition) is 2. The molecule has 0 saturated heterocycles. The van der Waals surface area contributed by atoms with Crippen LogP contribution in [0.4, 0.5) is 0 Å². The molecule has 0 bridgehead atoms. The second-order valence-corrected chi connectivity index (χ2v) is 4.60. The maximum absolute atomic E-state index is 7.49. The molecule has 0 unspecified atom stereocenters. The third kappa shape index (κ3) is 3.10. The molecular weight excluding hydrogens is 238 g/mol. The van der Waals surface area contributed by atoms with E-state index in [0.29, 0.717) is 23.1 Å². The molecule has 1 aromatic carbocycles. The van der Waals surface area contributed by atoms with E-state index in [4.69, 9.17) is 15.9 Å². The van der Waals surface area contributed by atoms with E-state index < -0.39 is 0 Å². The number of nitrogens with one attached hydrogen (secondary N) is 1. The van der Waals surface area contributed by atoms with Gasteiger partial charge in [0.15, 0.2) is 0 Å². The van der Waals surface area contributed by atoms with Gasteiger partial charge in [0, 0.05) is 6.20 Å². The average Bonchev–Trinajstić information content (AvgIpc) is 2.39. The van der Waals surface area contributed by atoms with E-state index in [2.05, 4.69) is 18.8 Å². The molecule has 2 aromatic rings. The van der Waals surface area contributed by atoms with Crippen molar-refractivity contribution in [3.63, 3.8) is 0 Å². The quantitative estimate of drug-likeness (QED) is 0.650. The zero-order chi connectivity index (χ0) is 13.8. The summed E-state index contributed by atoms with van der Waals surface area (Å²) in [6, 6.07) is 11.3. The molecule has 0 aliphatic rings. The highest BCUT2D eigenvalue weighted by Crippen LogP contribution is 2.24. The largest absolute Gasteiger partial charge is 0.438 e. The number of hydrogen-bond acceptors (Lipinski definition) is 3. The average molecular weight is 255 g/mol. The highest BCUT2D eigenvalue weighted by molar-refractivity contribution is 5.97. The van der Waals surface area contributed by atoms with Gasteiger partial charge in [-0.3, -0.25) is 5.41 Å². The van der Waals surface area contributed by atoms with Gasteiger partial charge in [-0.25, -0.2) is 4.98 Å². The standard InChI is InChI=1S/C15H17N3O/c1-10(2)11-5-7-12(8-6-11)19-15-13(14(16)17)4-3-9-18-15/h3-10H,1-2H3,(H3,16,17). The van der Waals surface area contributed by atoms with Crippen LogP contribution in [0, 0.1) is 5.41 Å². The normalized spacial score (nSPS) is 10.5. The molecule has 4 nitrogen and oxygen atoms in total. The summed E-state index contributed by atoms with van der Waals surface area (Å²) in [6.45, 7) is 4.28. The fraction of sp³-hybridized carbons (Fsp3) is 0.200. The molecule has 1 aromatic heterocycles. The summed E-state index contributed by atoms with van der Waals surface area (Å²) in [5.74, 6) is 1.47. The summed E-state index contributed by atoms with van der Waals surface area (Å²) >= 11 is 0. The molecular formula is C15H17N3O. The third-order valence-electron chi connectivity index (χ3n) is 2.82. The van der Waals surface area contributed by atoms with Gasteiger partial charge in [-0.1, -0.05) is 26.0 Å². The zero-order valence-electron chi connectivity index (χ0n) is 11.1. The van der Waals surface area contributed by atoms with Gasteiger partial charge in [0.2, 0.25) is 5.88 Å². The third-order valence-corrected chi connectivity index (χ3v) is 2.82. The minimum Gasteiger partial charge on any atom is -0.438 e. The Morgan fingerprint density at radius 2 is 1.89 bits per heavy atom. The highest BCUT2D eigenvalue weighted by Gasteiger charge is 2.08. The van der Waals surface area contributed by atoms with Crippen LogP contribution in [-0.4, -0.2) is 10.8 Å². The van der Waals surface area contributed by atoms with Gasteiger partial charge in [0.05, 0.1) is 5.56 Å². The monoisotopic (exact) mass is 255 g/mol.